The van der Waals surface area contributed by atoms with E-state index >= 15 is 0 Å². The second kappa shape index (κ2) is 11.6. The lowest BCUT2D eigenvalue weighted by Gasteiger charge is -2.21. The SMILES string of the molecule is CCN(CC)CCC1CN(C(=O)Nc2ccc([N+](=O)[O-])cc2)N=C1c1ccc(OC(C)C)cc1. The average molecular weight is 468 g/mol. The molecule has 1 aliphatic rings. The van der Waals surface area contributed by atoms with Gasteiger partial charge in [0, 0.05) is 23.7 Å². The van der Waals surface area contributed by atoms with E-state index in [9.17, 15) is 14.9 Å². The van der Waals surface area contributed by atoms with E-state index in [1.54, 1.807) is 0 Å². The summed E-state index contributed by atoms with van der Waals surface area (Å²) in [7, 11) is 0. The lowest BCUT2D eigenvalue weighted by molar-refractivity contribution is -0.384. The second-order valence-electron chi connectivity index (χ2n) is 8.50. The molecule has 1 N–H and O–H groups in total. The van der Waals surface area contributed by atoms with Gasteiger partial charge in [-0.3, -0.25) is 10.1 Å². The molecule has 1 unspecified atom stereocenters. The largest absolute Gasteiger partial charge is 0.491 e. The number of non-ortho nitro benzene ring substituents is 1. The Morgan fingerprint density at radius 2 is 1.82 bits per heavy atom. The van der Waals surface area contributed by atoms with Gasteiger partial charge in [0.15, 0.2) is 0 Å². The van der Waals surface area contributed by atoms with Crippen LogP contribution in [0.5, 0.6) is 5.75 Å². The highest BCUT2D eigenvalue weighted by Gasteiger charge is 2.31. The number of carbonyl (C=O) groups is 1. The summed E-state index contributed by atoms with van der Waals surface area (Å²) in [6.07, 6.45) is 0.974. The van der Waals surface area contributed by atoms with Gasteiger partial charge in [-0.1, -0.05) is 13.8 Å². The van der Waals surface area contributed by atoms with E-state index in [1.165, 1.54) is 29.3 Å². The van der Waals surface area contributed by atoms with Crippen LogP contribution in [-0.2, 0) is 0 Å². The Morgan fingerprint density at radius 1 is 1.18 bits per heavy atom. The molecule has 0 spiro atoms. The van der Waals surface area contributed by atoms with Crippen LogP contribution in [-0.4, -0.2) is 58.9 Å². The number of ether oxygens (including phenoxy) is 1. The highest BCUT2D eigenvalue weighted by molar-refractivity contribution is 6.05. The zero-order chi connectivity index (χ0) is 24.7. The molecule has 0 fully saturated rings. The molecule has 2 aromatic rings. The maximum atomic E-state index is 12.9. The van der Waals surface area contributed by atoms with Crippen molar-refractivity contribution in [1.82, 2.24) is 9.91 Å². The fraction of sp³-hybridized carbons (Fsp3) is 0.440. The van der Waals surface area contributed by atoms with Crippen LogP contribution in [0, 0.1) is 16.0 Å². The van der Waals surface area contributed by atoms with Crippen molar-refractivity contribution in [3.63, 3.8) is 0 Å². The fourth-order valence-electron chi connectivity index (χ4n) is 3.91. The monoisotopic (exact) mass is 467 g/mol. The zero-order valence-electron chi connectivity index (χ0n) is 20.2. The summed E-state index contributed by atoms with van der Waals surface area (Å²) in [5.41, 5.74) is 2.29. The third-order valence-corrected chi connectivity index (χ3v) is 5.78. The predicted octanol–water partition coefficient (Wildman–Crippen LogP) is 4.98. The Hall–Kier alpha value is -3.46. The smallest absolute Gasteiger partial charge is 0.342 e. The summed E-state index contributed by atoms with van der Waals surface area (Å²) in [6, 6.07) is 13.2. The number of anilines is 1. The van der Waals surface area contributed by atoms with E-state index in [2.05, 4.69) is 29.2 Å². The number of hydrogen-bond acceptors (Lipinski definition) is 6. The van der Waals surface area contributed by atoms with E-state index in [4.69, 9.17) is 4.74 Å². The Balaban J connectivity index is 1.77. The number of amides is 2. The topological polar surface area (TPSA) is 100 Å². The zero-order valence-corrected chi connectivity index (χ0v) is 20.2. The van der Waals surface area contributed by atoms with E-state index < -0.39 is 4.92 Å². The summed E-state index contributed by atoms with van der Waals surface area (Å²) < 4.78 is 5.75. The van der Waals surface area contributed by atoms with Crippen molar-refractivity contribution >= 4 is 23.1 Å². The van der Waals surface area contributed by atoms with Gasteiger partial charge in [0.1, 0.15) is 5.75 Å². The van der Waals surface area contributed by atoms with Crippen molar-refractivity contribution < 1.29 is 14.5 Å². The normalized spacial score (nSPS) is 15.5. The van der Waals surface area contributed by atoms with Gasteiger partial charge in [-0.05, 0) is 81.9 Å². The first-order valence-electron chi connectivity index (χ1n) is 11.7. The molecule has 1 atom stereocenters. The quantitative estimate of drug-likeness (QED) is 0.392. The first-order valence-corrected chi connectivity index (χ1v) is 11.7. The molecule has 0 radical (unpaired) electrons. The predicted molar refractivity (Wildman–Crippen MR) is 133 cm³/mol. The highest BCUT2D eigenvalue weighted by atomic mass is 16.6. The standard InChI is InChI=1S/C25H33N5O4/c1-5-28(6-2)16-15-20-17-29(25(31)26-21-9-11-22(12-10-21)30(32)33)27-24(20)19-7-13-23(14-8-19)34-18(3)4/h7-14,18,20H,5-6,15-17H2,1-4H3,(H,26,31). The number of hydrazone groups is 1. The Bertz CT molecular complexity index is 1000. The molecule has 2 amide bonds. The fourth-order valence-corrected chi connectivity index (χ4v) is 3.91. The molecule has 9 nitrogen and oxygen atoms in total. The van der Waals surface area contributed by atoms with Crippen LogP contribution in [0.15, 0.2) is 53.6 Å². The molecule has 9 heteroatoms. The van der Waals surface area contributed by atoms with Crippen molar-refractivity contribution in [3.8, 4) is 5.75 Å². The van der Waals surface area contributed by atoms with Crippen molar-refractivity contribution in [3.05, 3.63) is 64.2 Å². The lowest BCUT2D eigenvalue weighted by Crippen LogP contribution is -2.32. The lowest BCUT2D eigenvalue weighted by atomic mass is 9.94. The minimum Gasteiger partial charge on any atom is -0.491 e. The molecule has 2 aromatic carbocycles. The second-order valence-corrected chi connectivity index (χ2v) is 8.50. The molecular formula is C25H33N5O4. The summed E-state index contributed by atoms with van der Waals surface area (Å²) in [5.74, 6) is 0.893. The number of nitrogens with one attached hydrogen (secondary N) is 1. The van der Waals surface area contributed by atoms with Gasteiger partial charge in [0.25, 0.3) is 5.69 Å². The van der Waals surface area contributed by atoms with Crippen molar-refractivity contribution in [2.24, 2.45) is 11.0 Å². The number of hydrogen-bond donors (Lipinski definition) is 1. The summed E-state index contributed by atoms with van der Waals surface area (Å²) in [6.45, 7) is 11.6. The molecule has 182 valence electrons. The van der Waals surface area contributed by atoms with Crippen molar-refractivity contribution in [2.75, 3.05) is 31.5 Å². The number of carbonyl (C=O) groups excluding carboxylic acids is 1. The minimum atomic E-state index is -0.472. The van der Waals surface area contributed by atoms with Crippen LogP contribution in [0.25, 0.3) is 0 Å². The first-order chi connectivity index (χ1) is 16.3. The van der Waals surface area contributed by atoms with Gasteiger partial charge in [0.2, 0.25) is 0 Å². The number of nitro benzene ring substituents is 1. The third kappa shape index (κ3) is 6.54. The van der Waals surface area contributed by atoms with Crippen LogP contribution in [0.2, 0.25) is 0 Å². The Morgan fingerprint density at radius 3 is 2.38 bits per heavy atom. The van der Waals surface area contributed by atoms with Gasteiger partial charge in [0.05, 0.1) is 23.3 Å². The van der Waals surface area contributed by atoms with E-state index in [0.29, 0.717) is 12.2 Å². The van der Waals surface area contributed by atoms with Gasteiger partial charge in [-0.25, -0.2) is 9.80 Å². The Labute approximate surface area is 200 Å². The van der Waals surface area contributed by atoms with Crippen LogP contribution in [0.1, 0.15) is 39.7 Å². The Kier molecular flexibility index (Phi) is 8.59. The minimum absolute atomic E-state index is 0.0270. The van der Waals surface area contributed by atoms with E-state index in [-0.39, 0.29) is 23.7 Å². The number of benzene rings is 2. The molecule has 0 saturated carbocycles. The van der Waals surface area contributed by atoms with Crippen LogP contribution in [0.3, 0.4) is 0 Å². The number of urea groups is 1. The molecule has 0 aromatic heterocycles. The molecule has 1 heterocycles. The molecule has 1 aliphatic heterocycles. The first kappa shape index (κ1) is 25.2. The molecular weight excluding hydrogens is 434 g/mol. The molecule has 34 heavy (non-hydrogen) atoms. The highest BCUT2D eigenvalue weighted by Crippen LogP contribution is 2.26. The summed E-state index contributed by atoms with van der Waals surface area (Å²) in [5, 5.41) is 19.8. The van der Waals surface area contributed by atoms with Crippen LogP contribution in [0.4, 0.5) is 16.2 Å². The van der Waals surface area contributed by atoms with E-state index in [0.717, 1.165) is 43.1 Å². The van der Waals surface area contributed by atoms with Crippen molar-refractivity contribution in [2.45, 2.75) is 40.2 Å². The summed E-state index contributed by atoms with van der Waals surface area (Å²) in [4.78, 5) is 25.7. The van der Waals surface area contributed by atoms with Crippen LogP contribution >= 0.6 is 0 Å². The van der Waals surface area contributed by atoms with E-state index in [1.807, 2.05) is 38.1 Å². The molecule has 3 rings (SSSR count). The summed E-state index contributed by atoms with van der Waals surface area (Å²) >= 11 is 0. The van der Waals surface area contributed by atoms with Crippen LogP contribution < -0.4 is 10.1 Å². The number of nitrogens with zero attached hydrogens (tertiary/aromatic N) is 4. The molecule has 0 saturated heterocycles. The van der Waals surface area contributed by atoms with Gasteiger partial charge in [-0.2, -0.15) is 5.10 Å². The maximum Gasteiger partial charge on any atom is 0.342 e. The van der Waals surface area contributed by atoms with Crippen molar-refractivity contribution in [1.29, 1.82) is 0 Å². The third-order valence-electron chi connectivity index (χ3n) is 5.78. The average Bonchev–Trinajstić information content (AvgIpc) is 3.24. The molecule has 0 aliphatic carbocycles. The van der Waals surface area contributed by atoms with Gasteiger partial charge in [-0.15, -0.1) is 0 Å². The number of rotatable bonds is 10. The maximum absolute atomic E-state index is 12.9. The molecule has 0 bridgehead atoms. The van der Waals surface area contributed by atoms with Gasteiger partial charge < -0.3 is 15.0 Å². The van der Waals surface area contributed by atoms with Gasteiger partial charge >= 0.3 is 6.03 Å². The number of nitro groups is 1.